The number of nitrogens with two attached hydrogens (primary N) is 2. The third-order valence-corrected chi connectivity index (χ3v) is 1.73. The third kappa shape index (κ3) is 7.78. The van der Waals surface area contributed by atoms with Gasteiger partial charge in [-0.3, -0.25) is 0 Å². The van der Waals surface area contributed by atoms with Gasteiger partial charge in [0, 0.05) is 26.3 Å². The summed E-state index contributed by atoms with van der Waals surface area (Å²) < 4.78 is 4.92. The van der Waals surface area contributed by atoms with Gasteiger partial charge in [0.05, 0.1) is 0 Å². The minimum atomic E-state index is 0.192. The van der Waals surface area contributed by atoms with E-state index in [-0.39, 0.29) is 6.04 Å². The Kier molecular flexibility index (Phi) is 7.89. The molecule has 4 N–H and O–H groups in total. The van der Waals surface area contributed by atoms with E-state index >= 15 is 0 Å². The van der Waals surface area contributed by atoms with Crippen LogP contribution in [0.2, 0.25) is 0 Å². The van der Waals surface area contributed by atoms with Gasteiger partial charge in [0.15, 0.2) is 0 Å². The zero-order valence-corrected chi connectivity index (χ0v) is 7.38. The molecule has 0 heterocycles. The Hall–Kier alpha value is -0.120. The van der Waals surface area contributed by atoms with Crippen molar-refractivity contribution in [2.24, 2.45) is 11.5 Å². The molecule has 0 aliphatic carbocycles. The summed E-state index contributed by atoms with van der Waals surface area (Å²) in [7, 11) is 1.73. The van der Waals surface area contributed by atoms with E-state index in [1.165, 1.54) is 12.8 Å². The summed E-state index contributed by atoms with van der Waals surface area (Å²) in [5.74, 6) is 0. The van der Waals surface area contributed by atoms with Gasteiger partial charge >= 0.3 is 0 Å². The average molecular weight is 160 g/mol. The van der Waals surface area contributed by atoms with Crippen molar-refractivity contribution in [1.82, 2.24) is 0 Å². The molecule has 0 spiro atoms. The van der Waals surface area contributed by atoms with Crippen LogP contribution in [0.5, 0.6) is 0 Å². The lowest BCUT2D eigenvalue weighted by atomic mass is 10.1. The topological polar surface area (TPSA) is 61.3 Å². The molecule has 0 aromatic carbocycles. The van der Waals surface area contributed by atoms with E-state index in [1.54, 1.807) is 7.11 Å². The summed E-state index contributed by atoms with van der Waals surface area (Å²) in [6, 6.07) is 0.192. The lowest BCUT2D eigenvalue weighted by Crippen LogP contribution is -2.29. The fraction of sp³-hybridized carbons (Fsp3) is 1.00. The molecule has 11 heavy (non-hydrogen) atoms. The van der Waals surface area contributed by atoms with Gasteiger partial charge in [-0.15, -0.1) is 0 Å². The second-order valence-electron chi connectivity index (χ2n) is 2.84. The molecule has 0 amide bonds. The highest BCUT2D eigenvalue weighted by atomic mass is 16.5. The van der Waals surface area contributed by atoms with Gasteiger partial charge in [0.1, 0.15) is 0 Å². The maximum absolute atomic E-state index is 5.63. The lowest BCUT2D eigenvalue weighted by molar-refractivity contribution is 0.191. The second kappa shape index (κ2) is 7.98. The molecule has 0 radical (unpaired) electrons. The summed E-state index contributed by atoms with van der Waals surface area (Å²) in [6.45, 7) is 1.46. The monoisotopic (exact) mass is 160 g/mol. The molecule has 0 rings (SSSR count). The molecule has 68 valence electrons. The summed E-state index contributed by atoms with van der Waals surface area (Å²) in [6.07, 6.45) is 4.54. The van der Waals surface area contributed by atoms with Crippen molar-refractivity contribution in [3.63, 3.8) is 0 Å². The Labute approximate surface area is 69.1 Å². The van der Waals surface area contributed by atoms with Crippen LogP contribution in [0.25, 0.3) is 0 Å². The van der Waals surface area contributed by atoms with E-state index in [1.807, 2.05) is 0 Å². The number of unbranched alkanes of at least 4 members (excludes halogenated alkanes) is 2. The first-order valence-electron chi connectivity index (χ1n) is 4.26. The molecule has 3 heteroatoms. The summed E-state index contributed by atoms with van der Waals surface area (Å²) >= 11 is 0. The van der Waals surface area contributed by atoms with Crippen molar-refractivity contribution in [3.8, 4) is 0 Å². The predicted molar refractivity (Wildman–Crippen MR) is 47.4 cm³/mol. The van der Waals surface area contributed by atoms with Gasteiger partial charge in [-0.25, -0.2) is 0 Å². The molecule has 1 unspecified atom stereocenters. The van der Waals surface area contributed by atoms with E-state index < -0.39 is 0 Å². The molecule has 0 fully saturated rings. The molecule has 3 nitrogen and oxygen atoms in total. The molecule has 0 bridgehead atoms. The maximum Gasteiger partial charge on any atom is 0.0462 e. The summed E-state index contributed by atoms with van der Waals surface area (Å²) in [5.41, 5.74) is 11.0. The quantitative estimate of drug-likeness (QED) is 0.532. The Morgan fingerprint density at radius 1 is 1.27 bits per heavy atom. The Balaban J connectivity index is 2.89. The molecule has 0 aromatic rings. The number of hydrogen-bond donors (Lipinski definition) is 2. The van der Waals surface area contributed by atoms with E-state index in [0.29, 0.717) is 6.54 Å². The first-order chi connectivity index (χ1) is 5.31. The standard InChI is InChI=1S/C8H20N2O/c1-11-6-4-2-3-5-8(10)7-9/h8H,2-7,9-10H2,1H3. The van der Waals surface area contributed by atoms with E-state index in [2.05, 4.69) is 0 Å². The van der Waals surface area contributed by atoms with Crippen LogP contribution in [0.15, 0.2) is 0 Å². The highest BCUT2D eigenvalue weighted by molar-refractivity contribution is 4.60. The molecule has 0 aromatic heterocycles. The smallest absolute Gasteiger partial charge is 0.0462 e. The molecular formula is C8H20N2O. The van der Waals surface area contributed by atoms with Crippen molar-refractivity contribution >= 4 is 0 Å². The largest absolute Gasteiger partial charge is 0.385 e. The Bertz CT molecular complexity index is 78.5. The van der Waals surface area contributed by atoms with Gasteiger partial charge in [0.2, 0.25) is 0 Å². The van der Waals surface area contributed by atoms with E-state index in [9.17, 15) is 0 Å². The van der Waals surface area contributed by atoms with Gasteiger partial charge in [-0.1, -0.05) is 12.8 Å². The van der Waals surface area contributed by atoms with E-state index in [4.69, 9.17) is 16.2 Å². The normalized spacial score (nSPS) is 13.4. The van der Waals surface area contributed by atoms with Crippen LogP contribution in [-0.4, -0.2) is 26.3 Å². The number of methoxy groups -OCH3 is 1. The molecule has 0 aliphatic heterocycles. The fourth-order valence-corrected chi connectivity index (χ4v) is 0.948. The van der Waals surface area contributed by atoms with Crippen LogP contribution >= 0.6 is 0 Å². The Morgan fingerprint density at radius 2 is 2.00 bits per heavy atom. The van der Waals surface area contributed by atoms with Gasteiger partial charge in [-0.2, -0.15) is 0 Å². The SMILES string of the molecule is COCCCCCC(N)CN. The third-order valence-electron chi connectivity index (χ3n) is 1.73. The molecule has 0 saturated carbocycles. The van der Waals surface area contributed by atoms with Gasteiger partial charge < -0.3 is 16.2 Å². The number of rotatable bonds is 7. The molecule has 0 aliphatic rings. The minimum Gasteiger partial charge on any atom is -0.385 e. The van der Waals surface area contributed by atoms with Crippen molar-refractivity contribution < 1.29 is 4.74 Å². The first kappa shape index (κ1) is 10.9. The second-order valence-corrected chi connectivity index (χ2v) is 2.84. The summed E-state index contributed by atoms with van der Waals surface area (Å²) in [5, 5.41) is 0. The highest BCUT2D eigenvalue weighted by Gasteiger charge is 1.97. The number of ether oxygens (including phenoxy) is 1. The van der Waals surface area contributed by atoms with Crippen LogP contribution in [0.1, 0.15) is 25.7 Å². The van der Waals surface area contributed by atoms with Crippen LogP contribution in [-0.2, 0) is 4.74 Å². The van der Waals surface area contributed by atoms with Gasteiger partial charge in [0.25, 0.3) is 0 Å². The van der Waals surface area contributed by atoms with Crippen LogP contribution in [0.4, 0.5) is 0 Å². The molecule has 0 saturated heterocycles. The Morgan fingerprint density at radius 3 is 2.55 bits per heavy atom. The fourth-order valence-electron chi connectivity index (χ4n) is 0.948. The maximum atomic E-state index is 5.63. The van der Waals surface area contributed by atoms with Crippen molar-refractivity contribution in [1.29, 1.82) is 0 Å². The van der Waals surface area contributed by atoms with Crippen LogP contribution in [0, 0.1) is 0 Å². The highest BCUT2D eigenvalue weighted by Crippen LogP contribution is 2.01. The van der Waals surface area contributed by atoms with Crippen molar-refractivity contribution in [2.75, 3.05) is 20.3 Å². The van der Waals surface area contributed by atoms with E-state index in [0.717, 1.165) is 19.4 Å². The zero-order chi connectivity index (χ0) is 8.53. The van der Waals surface area contributed by atoms with Crippen LogP contribution < -0.4 is 11.5 Å². The average Bonchev–Trinajstić information content (AvgIpc) is 2.04. The minimum absolute atomic E-state index is 0.192. The predicted octanol–water partition coefficient (Wildman–Crippen LogP) is 0.479. The molecule has 1 atom stereocenters. The van der Waals surface area contributed by atoms with Crippen LogP contribution in [0.3, 0.4) is 0 Å². The van der Waals surface area contributed by atoms with Gasteiger partial charge in [-0.05, 0) is 12.8 Å². The van der Waals surface area contributed by atoms with Crippen molar-refractivity contribution in [3.05, 3.63) is 0 Å². The molecular weight excluding hydrogens is 140 g/mol. The summed E-state index contributed by atoms with van der Waals surface area (Å²) in [4.78, 5) is 0. The first-order valence-corrected chi connectivity index (χ1v) is 4.26. The lowest BCUT2D eigenvalue weighted by Gasteiger charge is -2.06. The zero-order valence-electron chi connectivity index (χ0n) is 7.38. The number of hydrogen-bond acceptors (Lipinski definition) is 3. The van der Waals surface area contributed by atoms with Crippen molar-refractivity contribution in [2.45, 2.75) is 31.7 Å².